The number of nitrogens with zero attached hydrogens (tertiary/aromatic N) is 3. The topological polar surface area (TPSA) is 54.5 Å². The Morgan fingerprint density at radius 1 is 1.00 bits per heavy atom. The van der Waals surface area contributed by atoms with Crippen molar-refractivity contribution in [2.75, 3.05) is 0 Å². The molecular weight excluding hydrogens is 260 g/mol. The van der Waals surface area contributed by atoms with Gasteiger partial charge in [-0.1, -0.05) is 0 Å². The highest BCUT2D eigenvalue weighted by Gasteiger charge is 2.22. The van der Waals surface area contributed by atoms with Crippen molar-refractivity contribution in [2.24, 2.45) is 0 Å². The molecule has 2 heterocycles. The van der Waals surface area contributed by atoms with E-state index in [0.717, 1.165) is 0 Å². The van der Waals surface area contributed by atoms with Crippen molar-refractivity contribution < 1.29 is 17.6 Å². The van der Waals surface area contributed by atoms with Crippen LogP contribution in [-0.2, 0) is 0 Å². The van der Waals surface area contributed by atoms with Crippen molar-refractivity contribution in [2.45, 2.75) is 17.0 Å². The molecule has 1 N–H and O–H groups in total. The Hall–Kier alpha value is -1.64. The SMILES string of the molecule is Cc1nc(Sc2c(F)c(F)nc(F)c2F)n[nH]1. The van der Waals surface area contributed by atoms with Crippen molar-refractivity contribution in [1.82, 2.24) is 20.2 Å². The number of aryl methyl sites for hydroxylation is 1. The second kappa shape index (κ2) is 4.32. The molecule has 2 aromatic rings. The number of hydrogen-bond donors (Lipinski definition) is 1. The summed E-state index contributed by atoms with van der Waals surface area (Å²) in [5.74, 6) is -6.16. The highest BCUT2D eigenvalue weighted by Crippen LogP contribution is 2.31. The van der Waals surface area contributed by atoms with Crippen LogP contribution in [0.25, 0.3) is 0 Å². The zero-order valence-electron chi connectivity index (χ0n) is 8.26. The molecule has 0 aliphatic heterocycles. The fourth-order valence-corrected chi connectivity index (χ4v) is 1.82. The summed E-state index contributed by atoms with van der Waals surface area (Å²) in [6.07, 6.45) is 0. The van der Waals surface area contributed by atoms with Crippen molar-refractivity contribution in [3.63, 3.8) is 0 Å². The van der Waals surface area contributed by atoms with E-state index in [2.05, 4.69) is 20.2 Å². The third-order valence-electron chi connectivity index (χ3n) is 1.73. The molecule has 0 aliphatic carbocycles. The molecule has 0 fully saturated rings. The summed E-state index contributed by atoms with van der Waals surface area (Å²) in [6, 6.07) is 0. The van der Waals surface area contributed by atoms with Gasteiger partial charge in [0.05, 0.1) is 4.90 Å². The first-order chi connectivity index (χ1) is 7.99. The summed E-state index contributed by atoms with van der Waals surface area (Å²) in [5.41, 5.74) is 0. The number of aromatic amines is 1. The first-order valence-electron chi connectivity index (χ1n) is 4.26. The Bertz CT molecular complexity index is 545. The summed E-state index contributed by atoms with van der Waals surface area (Å²) in [4.78, 5) is 5.31. The van der Waals surface area contributed by atoms with E-state index in [1.54, 1.807) is 6.92 Å². The van der Waals surface area contributed by atoms with Crippen LogP contribution in [0.4, 0.5) is 17.6 Å². The largest absolute Gasteiger partial charge is 0.262 e. The Kier molecular flexibility index (Phi) is 3.01. The van der Waals surface area contributed by atoms with Crippen LogP contribution in [0.15, 0.2) is 10.1 Å². The first kappa shape index (κ1) is 11.8. The standard InChI is InChI=1S/C8H4F4N4S/c1-2-13-8(16-15-2)17-5-3(9)6(11)14-7(12)4(5)10/h1H3,(H,13,15,16). The third kappa shape index (κ3) is 2.23. The lowest BCUT2D eigenvalue weighted by atomic mass is 10.4. The van der Waals surface area contributed by atoms with Crippen molar-refractivity contribution >= 4 is 11.8 Å². The Labute approximate surface area is 96.5 Å². The smallest absolute Gasteiger partial charge is 0.252 e. The van der Waals surface area contributed by atoms with E-state index < -0.39 is 28.4 Å². The average molecular weight is 264 g/mol. The fraction of sp³-hybridized carbons (Fsp3) is 0.125. The minimum absolute atomic E-state index is 0.0506. The van der Waals surface area contributed by atoms with Crippen LogP contribution < -0.4 is 0 Å². The van der Waals surface area contributed by atoms with Crippen LogP contribution in [-0.4, -0.2) is 20.2 Å². The van der Waals surface area contributed by atoms with Crippen LogP contribution in [0.5, 0.6) is 0 Å². The van der Waals surface area contributed by atoms with Gasteiger partial charge in [0.1, 0.15) is 5.82 Å². The zero-order valence-corrected chi connectivity index (χ0v) is 9.08. The molecule has 2 rings (SSSR count). The molecule has 2 aromatic heterocycles. The molecule has 9 heteroatoms. The number of hydrogen-bond acceptors (Lipinski definition) is 4. The second-order valence-corrected chi connectivity index (χ2v) is 3.93. The lowest BCUT2D eigenvalue weighted by molar-refractivity contribution is 0.383. The molecule has 0 aromatic carbocycles. The van der Waals surface area contributed by atoms with Crippen LogP contribution in [0.3, 0.4) is 0 Å². The number of H-pyrrole nitrogens is 1. The number of rotatable bonds is 2. The van der Waals surface area contributed by atoms with Gasteiger partial charge in [-0.15, -0.1) is 5.10 Å². The summed E-state index contributed by atoms with van der Waals surface area (Å²) in [5, 5.41) is 5.96. The predicted octanol–water partition coefficient (Wildman–Crippen LogP) is 2.22. The van der Waals surface area contributed by atoms with Crippen molar-refractivity contribution in [3.05, 3.63) is 29.4 Å². The van der Waals surface area contributed by atoms with Crippen molar-refractivity contribution in [3.8, 4) is 0 Å². The Morgan fingerprint density at radius 3 is 2.06 bits per heavy atom. The summed E-state index contributed by atoms with van der Waals surface area (Å²) in [6.45, 7) is 1.57. The maximum Gasteiger partial charge on any atom is 0.252 e. The molecular formula is C8H4F4N4S. The van der Waals surface area contributed by atoms with Gasteiger partial charge in [0.2, 0.25) is 5.16 Å². The molecule has 0 aliphatic rings. The molecule has 90 valence electrons. The minimum Gasteiger partial charge on any atom is -0.262 e. The number of aromatic nitrogens is 4. The molecule has 17 heavy (non-hydrogen) atoms. The van der Waals surface area contributed by atoms with Gasteiger partial charge in [-0.2, -0.15) is 13.8 Å². The normalized spacial score (nSPS) is 10.9. The quantitative estimate of drug-likeness (QED) is 0.667. The van der Waals surface area contributed by atoms with Gasteiger partial charge in [0, 0.05) is 0 Å². The van der Waals surface area contributed by atoms with E-state index in [1.807, 2.05) is 0 Å². The average Bonchev–Trinajstić information content (AvgIpc) is 2.68. The molecule has 0 unspecified atom stereocenters. The number of pyridine rings is 1. The van der Waals surface area contributed by atoms with E-state index in [4.69, 9.17) is 0 Å². The zero-order chi connectivity index (χ0) is 12.6. The van der Waals surface area contributed by atoms with Crippen molar-refractivity contribution in [1.29, 1.82) is 0 Å². The van der Waals surface area contributed by atoms with Crippen LogP contribution in [0.1, 0.15) is 5.82 Å². The number of nitrogens with one attached hydrogen (secondary N) is 1. The van der Waals surface area contributed by atoms with E-state index in [9.17, 15) is 17.6 Å². The van der Waals surface area contributed by atoms with Crippen LogP contribution in [0, 0.1) is 30.5 Å². The number of halogens is 4. The molecule has 0 saturated carbocycles. The van der Waals surface area contributed by atoms with E-state index in [-0.39, 0.29) is 5.16 Å². The Morgan fingerprint density at radius 2 is 1.59 bits per heavy atom. The molecule has 0 radical (unpaired) electrons. The summed E-state index contributed by atoms with van der Waals surface area (Å²) in [7, 11) is 0. The van der Waals surface area contributed by atoms with Gasteiger partial charge in [0.15, 0.2) is 11.6 Å². The maximum atomic E-state index is 13.2. The van der Waals surface area contributed by atoms with Crippen LogP contribution in [0.2, 0.25) is 0 Å². The van der Waals surface area contributed by atoms with Gasteiger partial charge in [-0.3, -0.25) is 5.10 Å². The Balaban J connectivity index is 2.45. The first-order valence-corrected chi connectivity index (χ1v) is 5.07. The maximum absolute atomic E-state index is 13.2. The van der Waals surface area contributed by atoms with E-state index >= 15 is 0 Å². The monoisotopic (exact) mass is 264 g/mol. The molecule has 0 saturated heterocycles. The predicted molar refractivity (Wildman–Crippen MR) is 49.3 cm³/mol. The molecule has 0 bridgehead atoms. The minimum atomic E-state index is -1.71. The third-order valence-corrected chi connectivity index (χ3v) is 2.66. The molecule has 0 amide bonds. The molecule has 0 atom stereocenters. The summed E-state index contributed by atoms with van der Waals surface area (Å²) < 4.78 is 52.0. The lowest BCUT2D eigenvalue weighted by Gasteiger charge is -2.02. The summed E-state index contributed by atoms with van der Waals surface area (Å²) >= 11 is 0.367. The van der Waals surface area contributed by atoms with Gasteiger partial charge < -0.3 is 0 Å². The highest BCUT2D eigenvalue weighted by molar-refractivity contribution is 7.99. The second-order valence-electron chi connectivity index (χ2n) is 2.96. The van der Waals surface area contributed by atoms with Gasteiger partial charge >= 0.3 is 0 Å². The fourth-order valence-electron chi connectivity index (χ4n) is 1.02. The van der Waals surface area contributed by atoms with E-state index in [1.165, 1.54) is 0 Å². The lowest BCUT2D eigenvalue weighted by Crippen LogP contribution is -2.02. The molecule has 0 spiro atoms. The van der Waals surface area contributed by atoms with Crippen LogP contribution >= 0.6 is 11.8 Å². The van der Waals surface area contributed by atoms with E-state index in [0.29, 0.717) is 17.6 Å². The van der Waals surface area contributed by atoms with Gasteiger partial charge in [0.25, 0.3) is 11.9 Å². The van der Waals surface area contributed by atoms with Gasteiger partial charge in [-0.05, 0) is 18.7 Å². The highest BCUT2D eigenvalue weighted by atomic mass is 32.2. The molecule has 4 nitrogen and oxygen atoms in total. The van der Waals surface area contributed by atoms with Gasteiger partial charge in [-0.25, -0.2) is 13.8 Å².